The van der Waals surface area contributed by atoms with E-state index in [4.69, 9.17) is 9.47 Å². The van der Waals surface area contributed by atoms with Crippen molar-refractivity contribution in [3.8, 4) is 0 Å². The molecule has 0 atom stereocenters. The molecule has 1 aliphatic heterocycles. The zero-order chi connectivity index (χ0) is 12.3. The molecule has 96 valence electrons. The average Bonchev–Trinajstić information content (AvgIpc) is 2.81. The van der Waals surface area contributed by atoms with Gasteiger partial charge >= 0.3 is 0 Å². The van der Waals surface area contributed by atoms with Gasteiger partial charge in [-0.15, -0.1) is 0 Å². The molecular weight excluding hydrogens is 224 g/mol. The first-order chi connectivity index (χ1) is 8.89. The summed E-state index contributed by atoms with van der Waals surface area (Å²) in [5.74, 6) is 1.08. The van der Waals surface area contributed by atoms with Crippen molar-refractivity contribution in [1.29, 1.82) is 0 Å². The van der Waals surface area contributed by atoms with Crippen LogP contribution in [0.25, 0.3) is 0 Å². The van der Waals surface area contributed by atoms with E-state index in [9.17, 15) is 0 Å². The number of rotatable bonds is 3. The van der Waals surface area contributed by atoms with Gasteiger partial charge in [0.2, 0.25) is 0 Å². The van der Waals surface area contributed by atoms with Crippen LogP contribution in [0.15, 0.2) is 42.2 Å². The van der Waals surface area contributed by atoms with Gasteiger partial charge in [-0.1, -0.05) is 49.6 Å². The van der Waals surface area contributed by atoms with Crippen LogP contribution in [0.3, 0.4) is 0 Å². The molecule has 1 saturated carbocycles. The van der Waals surface area contributed by atoms with Crippen LogP contribution in [0.1, 0.15) is 37.7 Å². The second-order valence-electron chi connectivity index (χ2n) is 5.21. The van der Waals surface area contributed by atoms with Crippen LogP contribution in [-0.4, -0.2) is 12.2 Å². The van der Waals surface area contributed by atoms with Crippen LogP contribution in [0.5, 0.6) is 0 Å². The van der Waals surface area contributed by atoms with E-state index in [0.717, 1.165) is 18.6 Å². The molecule has 18 heavy (non-hydrogen) atoms. The third-order valence-corrected chi connectivity index (χ3v) is 3.98. The van der Waals surface area contributed by atoms with Gasteiger partial charge in [0.25, 0.3) is 0 Å². The van der Waals surface area contributed by atoms with E-state index >= 15 is 0 Å². The molecule has 2 nitrogen and oxygen atoms in total. The minimum atomic E-state index is -0.0902. The standard InChI is InChI=1S/C16H20O2/c1-3-7-14(8-4-1)13-17-15-9-12-18-16(15)10-5-2-6-11-16/h1,3-4,7-9H,2,5-6,10-13H2. The molecule has 0 unspecified atom stereocenters. The van der Waals surface area contributed by atoms with E-state index in [2.05, 4.69) is 30.3 Å². The summed E-state index contributed by atoms with van der Waals surface area (Å²) in [5.41, 5.74) is 1.13. The molecule has 1 spiro atoms. The highest BCUT2D eigenvalue weighted by molar-refractivity contribution is 5.19. The minimum Gasteiger partial charge on any atom is -0.490 e. The van der Waals surface area contributed by atoms with Crippen molar-refractivity contribution in [2.24, 2.45) is 0 Å². The predicted octanol–water partition coefficient (Wildman–Crippen LogP) is 3.82. The summed E-state index contributed by atoms with van der Waals surface area (Å²) < 4.78 is 12.0. The van der Waals surface area contributed by atoms with Crippen molar-refractivity contribution < 1.29 is 9.47 Å². The highest BCUT2D eigenvalue weighted by Gasteiger charge is 2.41. The maximum Gasteiger partial charge on any atom is 0.127 e. The zero-order valence-corrected chi connectivity index (χ0v) is 10.7. The third kappa shape index (κ3) is 2.30. The molecule has 3 rings (SSSR count). The second-order valence-corrected chi connectivity index (χ2v) is 5.21. The Morgan fingerprint density at radius 2 is 1.83 bits per heavy atom. The first-order valence-electron chi connectivity index (χ1n) is 6.90. The zero-order valence-electron chi connectivity index (χ0n) is 10.7. The van der Waals surface area contributed by atoms with E-state index in [1.165, 1.54) is 24.8 Å². The van der Waals surface area contributed by atoms with Crippen LogP contribution in [0, 0.1) is 0 Å². The maximum atomic E-state index is 6.02. The fraction of sp³-hybridized carbons (Fsp3) is 0.500. The molecule has 0 bridgehead atoms. The molecule has 0 radical (unpaired) electrons. The Hall–Kier alpha value is -1.28. The van der Waals surface area contributed by atoms with Gasteiger partial charge < -0.3 is 9.47 Å². The summed E-state index contributed by atoms with van der Waals surface area (Å²) >= 11 is 0. The highest BCUT2D eigenvalue weighted by atomic mass is 16.6. The van der Waals surface area contributed by atoms with E-state index in [1.807, 2.05) is 6.07 Å². The van der Waals surface area contributed by atoms with Gasteiger partial charge in [-0.05, 0) is 24.5 Å². The fourth-order valence-corrected chi connectivity index (χ4v) is 2.97. The van der Waals surface area contributed by atoms with Gasteiger partial charge in [-0.2, -0.15) is 0 Å². The summed E-state index contributed by atoms with van der Waals surface area (Å²) in [7, 11) is 0. The lowest BCUT2D eigenvalue weighted by Gasteiger charge is -2.34. The SMILES string of the molecule is C1=C(OCc2ccccc2)C2(CCCCC2)OC1. The molecule has 0 N–H and O–H groups in total. The van der Waals surface area contributed by atoms with E-state index < -0.39 is 0 Å². The van der Waals surface area contributed by atoms with E-state index in [1.54, 1.807) is 0 Å². The largest absolute Gasteiger partial charge is 0.490 e. The Bertz CT molecular complexity index is 416. The van der Waals surface area contributed by atoms with Crippen molar-refractivity contribution in [3.63, 3.8) is 0 Å². The van der Waals surface area contributed by atoms with Gasteiger partial charge in [-0.25, -0.2) is 0 Å². The lowest BCUT2D eigenvalue weighted by molar-refractivity contribution is -0.0469. The molecule has 0 aromatic heterocycles. The van der Waals surface area contributed by atoms with Crippen LogP contribution in [-0.2, 0) is 16.1 Å². The molecule has 1 aliphatic carbocycles. The van der Waals surface area contributed by atoms with Crippen molar-refractivity contribution in [2.75, 3.05) is 6.61 Å². The summed E-state index contributed by atoms with van der Waals surface area (Å²) in [6.07, 6.45) is 8.20. The third-order valence-electron chi connectivity index (χ3n) is 3.98. The maximum absolute atomic E-state index is 6.02. The minimum absolute atomic E-state index is 0.0902. The second kappa shape index (κ2) is 5.15. The summed E-state index contributed by atoms with van der Waals surface area (Å²) in [6.45, 7) is 1.36. The molecule has 2 aliphatic rings. The molecule has 1 aromatic rings. The average molecular weight is 244 g/mol. The molecular formula is C16H20O2. The van der Waals surface area contributed by atoms with Gasteiger partial charge in [0, 0.05) is 0 Å². The Balaban J connectivity index is 1.65. The van der Waals surface area contributed by atoms with Crippen LogP contribution in [0.4, 0.5) is 0 Å². The van der Waals surface area contributed by atoms with Crippen molar-refractivity contribution in [1.82, 2.24) is 0 Å². The van der Waals surface area contributed by atoms with Crippen molar-refractivity contribution >= 4 is 0 Å². The Kier molecular flexibility index (Phi) is 3.37. The summed E-state index contributed by atoms with van der Waals surface area (Å²) in [5, 5.41) is 0. The number of hydrogen-bond acceptors (Lipinski definition) is 2. The molecule has 1 heterocycles. The van der Waals surface area contributed by atoms with Crippen molar-refractivity contribution in [3.05, 3.63) is 47.7 Å². The number of benzene rings is 1. The lowest BCUT2D eigenvalue weighted by atomic mass is 9.84. The van der Waals surface area contributed by atoms with Gasteiger partial charge in [-0.3, -0.25) is 0 Å². The first-order valence-corrected chi connectivity index (χ1v) is 6.90. The smallest absolute Gasteiger partial charge is 0.127 e. The highest BCUT2D eigenvalue weighted by Crippen LogP contribution is 2.41. The van der Waals surface area contributed by atoms with Crippen LogP contribution < -0.4 is 0 Å². The summed E-state index contributed by atoms with van der Waals surface area (Å²) in [6, 6.07) is 10.3. The molecule has 1 aromatic carbocycles. The monoisotopic (exact) mass is 244 g/mol. The normalized spacial score (nSPS) is 21.9. The Morgan fingerprint density at radius 1 is 1.06 bits per heavy atom. The van der Waals surface area contributed by atoms with Gasteiger partial charge in [0.15, 0.2) is 0 Å². The molecule has 1 fully saturated rings. The predicted molar refractivity (Wildman–Crippen MR) is 71.1 cm³/mol. The van der Waals surface area contributed by atoms with E-state index in [0.29, 0.717) is 13.2 Å². The quantitative estimate of drug-likeness (QED) is 0.804. The Labute approximate surface area is 109 Å². The van der Waals surface area contributed by atoms with Gasteiger partial charge in [0.1, 0.15) is 18.0 Å². The van der Waals surface area contributed by atoms with Crippen LogP contribution in [0.2, 0.25) is 0 Å². The Morgan fingerprint density at radius 3 is 2.61 bits per heavy atom. The summed E-state index contributed by atoms with van der Waals surface area (Å²) in [4.78, 5) is 0. The van der Waals surface area contributed by atoms with E-state index in [-0.39, 0.29) is 5.60 Å². The molecule has 0 saturated heterocycles. The molecule has 0 amide bonds. The number of hydrogen-bond donors (Lipinski definition) is 0. The molecule has 2 heteroatoms. The number of ether oxygens (including phenoxy) is 2. The topological polar surface area (TPSA) is 18.5 Å². The van der Waals surface area contributed by atoms with Crippen LogP contribution >= 0.6 is 0 Å². The lowest BCUT2D eigenvalue weighted by Crippen LogP contribution is -2.34. The van der Waals surface area contributed by atoms with Crippen molar-refractivity contribution in [2.45, 2.75) is 44.3 Å². The fourth-order valence-electron chi connectivity index (χ4n) is 2.97. The first kappa shape index (κ1) is 11.8. The van der Waals surface area contributed by atoms with Gasteiger partial charge in [0.05, 0.1) is 6.61 Å².